The number of hydrogen-bond donors (Lipinski definition) is 3. The molecule has 14 nitrogen and oxygen atoms in total. The summed E-state index contributed by atoms with van der Waals surface area (Å²) in [4.78, 5) is 54.2. The van der Waals surface area contributed by atoms with Crippen molar-refractivity contribution in [2.75, 3.05) is 33.1 Å². The number of fused-ring (bicyclic) bond motifs is 1. The first-order chi connectivity index (χ1) is 27.7. The van der Waals surface area contributed by atoms with Gasteiger partial charge in [0.2, 0.25) is 11.8 Å². The fourth-order valence-electron chi connectivity index (χ4n) is 7.23. The first-order valence-corrected chi connectivity index (χ1v) is 21.6. The van der Waals surface area contributed by atoms with Gasteiger partial charge in [-0.05, 0) is 55.0 Å². The van der Waals surface area contributed by atoms with E-state index in [2.05, 4.69) is 35.8 Å². The predicted molar refractivity (Wildman–Crippen MR) is 226 cm³/mol. The Balaban J connectivity index is 1.39. The van der Waals surface area contributed by atoms with Gasteiger partial charge < -0.3 is 25.0 Å². The molecule has 0 spiro atoms. The minimum atomic E-state index is -4.20. The van der Waals surface area contributed by atoms with Gasteiger partial charge >= 0.3 is 10.2 Å². The van der Waals surface area contributed by atoms with Crippen LogP contribution in [0.5, 0.6) is 11.5 Å². The maximum absolute atomic E-state index is 14.8. The van der Waals surface area contributed by atoms with Crippen LogP contribution in [0.4, 0.5) is 10.1 Å². The number of pyridine rings is 1. The summed E-state index contributed by atoms with van der Waals surface area (Å²) in [5, 5.41) is 9.38. The van der Waals surface area contributed by atoms with Crippen LogP contribution in [0.15, 0.2) is 60.5 Å². The lowest BCUT2D eigenvalue weighted by Gasteiger charge is -2.36. The lowest BCUT2D eigenvalue weighted by molar-refractivity contribution is -0.141. The molecule has 59 heavy (non-hydrogen) atoms. The van der Waals surface area contributed by atoms with Crippen molar-refractivity contribution in [2.45, 2.75) is 84.0 Å². The number of halogens is 1. The SMILES string of the molecule is C=C[C@@H]1C[C@]1(NC(=O)[C@@H]1C[C@@H](Oc2cc(-c3nc(C(C)C)cs3)nc3c(C)c(OC)ccc23)CN1C(=O)[C@@H](Nc1cccc(F)c1)C(C)(C)C)C(=O)NS(=O)(=O)N(C)C. The highest BCUT2D eigenvalue weighted by Gasteiger charge is 2.61. The van der Waals surface area contributed by atoms with Gasteiger partial charge in [-0.15, -0.1) is 17.9 Å². The Morgan fingerprint density at radius 1 is 1.12 bits per heavy atom. The minimum Gasteiger partial charge on any atom is -0.496 e. The maximum atomic E-state index is 14.8. The molecule has 2 aromatic carbocycles. The van der Waals surface area contributed by atoms with Crippen molar-refractivity contribution < 1.29 is 36.7 Å². The Morgan fingerprint density at radius 2 is 1.85 bits per heavy atom. The Kier molecular flexibility index (Phi) is 12.1. The van der Waals surface area contributed by atoms with Gasteiger partial charge in [0.05, 0.1) is 24.9 Å². The number of carbonyl (C=O) groups excluding carboxylic acids is 3. The molecule has 3 N–H and O–H groups in total. The fraction of sp³-hybridized carbons (Fsp3) is 0.452. The van der Waals surface area contributed by atoms with E-state index in [1.54, 1.807) is 13.2 Å². The third kappa shape index (κ3) is 8.92. The highest BCUT2D eigenvalue weighted by atomic mass is 32.2. The van der Waals surface area contributed by atoms with Gasteiger partial charge in [0.25, 0.3) is 5.91 Å². The number of carbonyl (C=O) groups is 3. The molecule has 1 saturated carbocycles. The third-order valence-corrected chi connectivity index (χ3v) is 13.1. The number of nitrogens with zero attached hydrogens (tertiary/aromatic N) is 4. The van der Waals surface area contributed by atoms with Crippen LogP contribution in [0, 0.1) is 24.1 Å². The van der Waals surface area contributed by atoms with E-state index in [1.165, 1.54) is 54.6 Å². The van der Waals surface area contributed by atoms with Crippen LogP contribution in [-0.2, 0) is 24.6 Å². The number of nitrogens with one attached hydrogen (secondary N) is 3. The van der Waals surface area contributed by atoms with Gasteiger partial charge in [-0.1, -0.05) is 46.8 Å². The van der Waals surface area contributed by atoms with Crippen molar-refractivity contribution in [2.24, 2.45) is 11.3 Å². The van der Waals surface area contributed by atoms with E-state index in [1.807, 2.05) is 51.3 Å². The van der Waals surface area contributed by atoms with Gasteiger partial charge in [0, 0.05) is 54.5 Å². The molecule has 316 valence electrons. The highest BCUT2D eigenvalue weighted by molar-refractivity contribution is 7.87. The Morgan fingerprint density at radius 3 is 2.44 bits per heavy atom. The van der Waals surface area contributed by atoms with Gasteiger partial charge in [0.1, 0.15) is 51.7 Å². The average Bonchev–Trinajstić information content (AvgIpc) is 3.45. The summed E-state index contributed by atoms with van der Waals surface area (Å²) < 4.78 is 55.0. The quantitative estimate of drug-likeness (QED) is 0.132. The number of ether oxygens (including phenoxy) is 2. The Labute approximate surface area is 348 Å². The lowest BCUT2D eigenvalue weighted by Crippen LogP contribution is -2.59. The highest BCUT2D eigenvalue weighted by Crippen LogP contribution is 2.45. The largest absolute Gasteiger partial charge is 0.496 e. The van der Waals surface area contributed by atoms with Gasteiger partial charge in [-0.25, -0.2) is 19.1 Å². The summed E-state index contributed by atoms with van der Waals surface area (Å²) in [6.45, 7) is 15.4. The molecule has 3 amide bonds. The van der Waals surface area contributed by atoms with Crippen molar-refractivity contribution in [1.82, 2.24) is 29.2 Å². The standard InChI is InChI=1S/C42H52FN7O7S2/c1-11-25-20-42(25,40(53)48-59(54,55)49(8)9)47-37(51)32-18-28(21-50(32)39(52)36(41(5,6)7)44-27-14-12-13-26(43)17-27)57-34-19-30(38-46-31(22-58-38)23(2)3)45-35-24(4)33(56-10)16-15-29(34)35/h11-17,19,22-23,25,28,32,36,44H,1,18,20-21H2,2-10H3,(H,47,51)(H,48,53)/t25-,28-,32+,36-,42-/m1/s1. The van der Waals surface area contributed by atoms with Gasteiger partial charge in [-0.2, -0.15) is 12.7 Å². The number of rotatable bonds is 14. The van der Waals surface area contributed by atoms with Crippen molar-refractivity contribution in [1.29, 1.82) is 0 Å². The third-order valence-electron chi connectivity index (χ3n) is 10.8. The van der Waals surface area contributed by atoms with Gasteiger partial charge in [0.15, 0.2) is 0 Å². The summed E-state index contributed by atoms with van der Waals surface area (Å²) in [6.07, 6.45) is 0.873. The number of aromatic nitrogens is 2. The topological polar surface area (TPSA) is 172 Å². The molecule has 0 unspecified atom stereocenters. The molecular weight excluding hydrogens is 798 g/mol. The molecule has 1 aliphatic heterocycles. The molecular formula is C42H52FN7O7S2. The fourth-order valence-corrected chi connectivity index (χ4v) is 8.77. The van der Waals surface area contributed by atoms with Crippen LogP contribution in [0.1, 0.15) is 64.6 Å². The van der Waals surface area contributed by atoms with E-state index in [-0.39, 0.29) is 25.3 Å². The maximum Gasteiger partial charge on any atom is 0.303 e. The molecule has 0 radical (unpaired) electrons. The second-order valence-corrected chi connectivity index (χ2v) is 19.4. The number of benzene rings is 2. The Hall–Kier alpha value is -5.13. The van der Waals surface area contributed by atoms with E-state index in [4.69, 9.17) is 19.4 Å². The van der Waals surface area contributed by atoms with Crippen LogP contribution in [0.2, 0.25) is 0 Å². The number of amides is 3. The van der Waals surface area contributed by atoms with Crippen LogP contribution < -0.4 is 24.8 Å². The van der Waals surface area contributed by atoms with E-state index >= 15 is 0 Å². The van der Waals surface area contributed by atoms with Crippen LogP contribution in [-0.4, -0.2) is 96.8 Å². The number of methoxy groups -OCH3 is 1. The van der Waals surface area contributed by atoms with Crippen molar-refractivity contribution >= 4 is 55.9 Å². The summed E-state index contributed by atoms with van der Waals surface area (Å²) >= 11 is 1.47. The number of hydrogen-bond acceptors (Lipinski definition) is 11. The van der Waals surface area contributed by atoms with Crippen LogP contribution in [0.3, 0.4) is 0 Å². The summed E-state index contributed by atoms with van der Waals surface area (Å²) in [5.74, 6) is -1.80. The van der Waals surface area contributed by atoms with Crippen molar-refractivity contribution in [3.63, 3.8) is 0 Å². The Bertz CT molecular complexity index is 2400. The van der Waals surface area contributed by atoms with E-state index < -0.39 is 68.8 Å². The molecule has 17 heteroatoms. The molecule has 2 aromatic heterocycles. The summed E-state index contributed by atoms with van der Waals surface area (Å²) in [7, 11) is -0.0601. The van der Waals surface area contributed by atoms with Gasteiger partial charge in [-0.3, -0.25) is 14.4 Å². The van der Waals surface area contributed by atoms with Crippen LogP contribution in [0.25, 0.3) is 21.6 Å². The van der Waals surface area contributed by atoms with E-state index in [0.29, 0.717) is 38.8 Å². The lowest BCUT2D eigenvalue weighted by atomic mass is 9.85. The molecule has 1 saturated heterocycles. The van der Waals surface area contributed by atoms with E-state index in [9.17, 15) is 27.2 Å². The normalized spacial score (nSPS) is 21.0. The summed E-state index contributed by atoms with van der Waals surface area (Å²) in [6, 6.07) is 9.16. The number of thiazole rings is 1. The number of anilines is 1. The zero-order chi connectivity index (χ0) is 43.2. The first-order valence-electron chi connectivity index (χ1n) is 19.3. The summed E-state index contributed by atoms with van der Waals surface area (Å²) in [5.41, 5.74) is 0.957. The molecule has 2 aliphatic rings. The van der Waals surface area contributed by atoms with Crippen molar-refractivity contribution in [3.05, 3.63) is 77.6 Å². The number of aryl methyl sites for hydroxylation is 1. The van der Waals surface area contributed by atoms with Crippen LogP contribution >= 0.6 is 11.3 Å². The number of likely N-dealkylation sites (tertiary alicyclic amines) is 1. The molecule has 4 aromatic rings. The molecule has 1 aliphatic carbocycles. The van der Waals surface area contributed by atoms with Crippen molar-refractivity contribution in [3.8, 4) is 22.2 Å². The predicted octanol–water partition coefficient (Wildman–Crippen LogP) is 5.80. The molecule has 6 rings (SSSR count). The first kappa shape index (κ1) is 43.4. The second-order valence-electron chi connectivity index (χ2n) is 16.7. The molecule has 3 heterocycles. The molecule has 0 bridgehead atoms. The van der Waals surface area contributed by atoms with E-state index in [0.717, 1.165) is 15.6 Å². The molecule has 5 atom stereocenters. The zero-order valence-corrected chi connectivity index (χ0v) is 36.4. The average molecular weight is 850 g/mol. The molecule has 2 fully saturated rings. The zero-order valence-electron chi connectivity index (χ0n) is 34.8. The minimum absolute atomic E-state index is 0.0177. The monoisotopic (exact) mass is 849 g/mol. The smallest absolute Gasteiger partial charge is 0.303 e. The second kappa shape index (κ2) is 16.5.